The Hall–Kier alpha value is -0.890. The molecule has 15 heavy (non-hydrogen) atoms. The largest absolute Gasteiger partial charge is 0.254 e. The minimum Gasteiger partial charge on any atom is -0.254 e. The van der Waals surface area contributed by atoms with Gasteiger partial charge in [-0.2, -0.15) is 0 Å². The van der Waals surface area contributed by atoms with E-state index in [0.717, 1.165) is 4.90 Å². The average Bonchev–Trinajstić information content (AvgIpc) is 2.33. The van der Waals surface area contributed by atoms with E-state index in [0.29, 0.717) is 11.7 Å². The molecule has 0 N–H and O–H groups in total. The fourth-order valence-corrected chi connectivity index (χ4v) is 3.55. The normalized spacial score (nSPS) is 26.1. The Morgan fingerprint density at radius 3 is 2.67 bits per heavy atom. The van der Waals surface area contributed by atoms with Gasteiger partial charge >= 0.3 is 0 Å². The van der Waals surface area contributed by atoms with Crippen molar-refractivity contribution in [3.05, 3.63) is 41.0 Å². The molecule has 1 aliphatic rings. The van der Waals surface area contributed by atoms with Crippen LogP contribution in [0.5, 0.6) is 0 Å². The van der Waals surface area contributed by atoms with Crippen LogP contribution in [0.1, 0.15) is 32.3 Å². The Labute approximate surface area is 93.7 Å². The van der Waals surface area contributed by atoms with Crippen LogP contribution in [0.4, 0.5) is 0 Å². The third-order valence-electron chi connectivity index (χ3n) is 3.30. The Morgan fingerprint density at radius 1 is 1.27 bits per heavy atom. The van der Waals surface area contributed by atoms with Gasteiger partial charge in [0.15, 0.2) is 0 Å². The van der Waals surface area contributed by atoms with Gasteiger partial charge in [-0.3, -0.25) is 4.21 Å². The summed E-state index contributed by atoms with van der Waals surface area (Å²) in [6.45, 7) is 6.44. The first-order chi connectivity index (χ1) is 7.11. The number of fused-ring (bicyclic) bond motifs is 1. The van der Waals surface area contributed by atoms with Crippen LogP contribution in [0.25, 0.3) is 0 Å². The predicted octanol–water partition coefficient (Wildman–Crippen LogP) is 3.25. The molecule has 0 radical (unpaired) electrons. The van der Waals surface area contributed by atoms with E-state index in [2.05, 4.69) is 26.8 Å². The van der Waals surface area contributed by atoms with Crippen molar-refractivity contribution in [3.8, 4) is 0 Å². The van der Waals surface area contributed by atoms with Gasteiger partial charge in [0, 0.05) is 16.6 Å². The van der Waals surface area contributed by atoms with Crippen LogP contribution in [0.15, 0.2) is 40.3 Å². The third-order valence-corrected chi connectivity index (χ3v) is 4.86. The summed E-state index contributed by atoms with van der Waals surface area (Å²) in [7, 11) is -0.862. The maximum Gasteiger partial charge on any atom is 0.0573 e. The van der Waals surface area contributed by atoms with E-state index in [1.54, 1.807) is 0 Å². The van der Waals surface area contributed by atoms with Gasteiger partial charge in [0.25, 0.3) is 0 Å². The van der Waals surface area contributed by atoms with Gasteiger partial charge in [-0.1, -0.05) is 36.3 Å². The Kier molecular flexibility index (Phi) is 2.79. The lowest BCUT2D eigenvalue weighted by molar-refractivity contribution is 0.684. The highest BCUT2D eigenvalue weighted by atomic mass is 32.2. The van der Waals surface area contributed by atoms with Crippen LogP contribution in [0.3, 0.4) is 0 Å². The zero-order valence-electron chi connectivity index (χ0n) is 9.41. The molecule has 0 fully saturated rings. The van der Waals surface area contributed by atoms with Gasteiger partial charge in [-0.15, -0.1) is 0 Å². The van der Waals surface area contributed by atoms with Crippen LogP contribution in [-0.4, -0.2) is 9.96 Å². The Balaban J connectivity index is 2.62. The Morgan fingerprint density at radius 2 is 1.93 bits per heavy atom. The van der Waals surface area contributed by atoms with E-state index < -0.39 is 10.8 Å². The summed E-state index contributed by atoms with van der Waals surface area (Å²) < 4.78 is 12.1. The highest BCUT2D eigenvalue weighted by Crippen LogP contribution is 2.33. The number of rotatable bonds is 0. The Bertz CT molecular complexity index is 446. The van der Waals surface area contributed by atoms with Crippen molar-refractivity contribution in [2.75, 3.05) is 5.75 Å². The summed E-state index contributed by atoms with van der Waals surface area (Å²) >= 11 is 0. The van der Waals surface area contributed by atoms with Crippen LogP contribution in [0.2, 0.25) is 0 Å². The quantitative estimate of drug-likeness (QED) is 0.613. The molecule has 1 aromatic rings. The smallest absolute Gasteiger partial charge is 0.0573 e. The first-order valence-electron chi connectivity index (χ1n) is 5.25. The second-order valence-corrected chi connectivity index (χ2v) is 5.63. The summed E-state index contributed by atoms with van der Waals surface area (Å²) in [5, 5.41) is 0. The lowest BCUT2D eigenvalue weighted by Gasteiger charge is -2.13. The molecule has 0 saturated heterocycles. The van der Waals surface area contributed by atoms with Crippen LogP contribution in [-0.2, 0) is 10.8 Å². The lowest BCUT2D eigenvalue weighted by Crippen LogP contribution is -1.99. The van der Waals surface area contributed by atoms with Crippen molar-refractivity contribution in [1.29, 1.82) is 0 Å². The fraction of sp³-hybridized carbons (Fsp3) is 0.385. The molecule has 0 bridgehead atoms. The maximum absolute atomic E-state index is 12.1. The van der Waals surface area contributed by atoms with Crippen LogP contribution >= 0.6 is 0 Å². The second-order valence-electron chi connectivity index (χ2n) is 4.21. The first kappa shape index (κ1) is 10.6. The number of hydrogen-bond donors (Lipinski definition) is 0. The minimum atomic E-state index is -0.862. The molecule has 2 atom stereocenters. The zero-order valence-corrected chi connectivity index (χ0v) is 10.2. The van der Waals surface area contributed by atoms with Crippen molar-refractivity contribution in [3.63, 3.8) is 0 Å². The topological polar surface area (TPSA) is 17.1 Å². The molecule has 0 spiro atoms. The lowest BCUT2D eigenvalue weighted by atomic mass is 9.91. The molecule has 2 rings (SSSR count). The van der Waals surface area contributed by atoms with Crippen LogP contribution < -0.4 is 0 Å². The second kappa shape index (κ2) is 3.93. The molecule has 1 nitrogen and oxygen atoms in total. The SMILES string of the molecule is CC1=C(C)C(C)c2ccccc2S(=O)C1. The summed E-state index contributed by atoms with van der Waals surface area (Å²) in [4.78, 5) is 1.02. The van der Waals surface area contributed by atoms with E-state index in [4.69, 9.17) is 0 Å². The van der Waals surface area contributed by atoms with Gasteiger partial charge in [-0.05, 0) is 25.5 Å². The van der Waals surface area contributed by atoms with Crippen molar-refractivity contribution >= 4 is 10.8 Å². The minimum absolute atomic E-state index is 0.396. The molecular weight excluding hydrogens is 204 g/mol. The number of benzene rings is 1. The van der Waals surface area contributed by atoms with Crippen molar-refractivity contribution in [1.82, 2.24) is 0 Å². The van der Waals surface area contributed by atoms with E-state index in [1.807, 2.05) is 18.2 Å². The van der Waals surface area contributed by atoms with Crippen molar-refractivity contribution in [2.24, 2.45) is 0 Å². The predicted molar refractivity (Wildman–Crippen MR) is 64.5 cm³/mol. The van der Waals surface area contributed by atoms with Gasteiger partial charge in [0.2, 0.25) is 0 Å². The average molecular weight is 220 g/mol. The summed E-state index contributed by atoms with van der Waals surface area (Å²) in [5.41, 5.74) is 3.87. The van der Waals surface area contributed by atoms with Crippen molar-refractivity contribution < 1.29 is 4.21 Å². The first-order valence-corrected chi connectivity index (χ1v) is 6.56. The molecule has 0 aromatic heterocycles. The number of hydrogen-bond acceptors (Lipinski definition) is 1. The fourth-order valence-electron chi connectivity index (χ4n) is 2.04. The highest BCUT2D eigenvalue weighted by Gasteiger charge is 2.21. The molecule has 0 saturated carbocycles. The molecule has 0 amide bonds. The highest BCUT2D eigenvalue weighted by molar-refractivity contribution is 7.85. The van der Waals surface area contributed by atoms with Gasteiger partial charge < -0.3 is 0 Å². The monoisotopic (exact) mass is 220 g/mol. The standard InChI is InChI=1S/C13H16OS/c1-9-8-15(14)13-7-5-4-6-12(13)11(3)10(9)2/h4-7,11H,8H2,1-3H3. The summed E-state index contributed by atoms with van der Waals surface area (Å²) in [6.07, 6.45) is 0. The summed E-state index contributed by atoms with van der Waals surface area (Å²) in [5.74, 6) is 1.08. The van der Waals surface area contributed by atoms with Crippen molar-refractivity contribution in [2.45, 2.75) is 31.6 Å². The third kappa shape index (κ3) is 1.78. The van der Waals surface area contributed by atoms with E-state index in [9.17, 15) is 4.21 Å². The molecule has 1 aliphatic heterocycles. The molecule has 2 heteroatoms. The van der Waals surface area contributed by atoms with Gasteiger partial charge in [0.1, 0.15) is 0 Å². The maximum atomic E-state index is 12.1. The molecule has 1 heterocycles. The molecule has 2 unspecified atom stereocenters. The summed E-state index contributed by atoms with van der Waals surface area (Å²) in [6, 6.07) is 8.09. The van der Waals surface area contributed by atoms with Gasteiger partial charge in [0.05, 0.1) is 10.8 Å². The molecule has 80 valence electrons. The molecule has 0 aliphatic carbocycles. The van der Waals surface area contributed by atoms with E-state index in [1.165, 1.54) is 16.7 Å². The zero-order chi connectivity index (χ0) is 11.0. The van der Waals surface area contributed by atoms with E-state index >= 15 is 0 Å². The molecule has 1 aromatic carbocycles. The van der Waals surface area contributed by atoms with Gasteiger partial charge in [-0.25, -0.2) is 0 Å². The molecular formula is C13H16OS. The van der Waals surface area contributed by atoms with Crippen LogP contribution in [0, 0.1) is 0 Å². The van der Waals surface area contributed by atoms with E-state index in [-0.39, 0.29) is 0 Å². The number of allylic oxidation sites excluding steroid dienone is 1.